The molecule has 33 nitrogen and oxygen atoms in total. The quantitative estimate of drug-likeness (QED) is 0.0452. The van der Waals surface area contributed by atoms with Crippen molar-refractivity contribution in [3.05, 3.63) is 0 Å². The molecule has 0 aliphatic carbocycles. The lowest BCUT2D eigenvalue weighted by molar-refractivity contribution is -0.333. The van der Waals surface area contributed by atoms with E-state index in [4.69, 9.17) is 71.1 Å². The second kappa shape index (κ2) is 26.5. The second-order valence-electron chi connectivity index (χ2n) is 19.3. The maximum Gasteiger partial charge on any atom is 0.187 e. The number of aliphatic hydroxyl groups excluding tert-OH is 18. The fraction of sp³-hybridized carbons (Fsp3) is 1.00. The summed E-state index contributed by atoms with van der Waals surface area (Å²) in [6, 6.07) is 0. The molecule has 0 radical (unpaired) electrons. The van der Waals surface area contributed by atoms with Crippen molar-refractivity contribution in [3.63, 3.8) is 0 Å². The minimum Gasteiger partial charge on any atom is -0.394 e. The lowest BCUT2D eigenvalue weighted by atomic mass is 9.98. The van der Waals surface area contributed by atoms with Crippen molar-refractivity contribution in [2.24, 2.45) is 0 Å². The number of ether oxygens (including phenoxy) is 15. The molecule has 33 atom stereocenters. The highest BCUT2D eigenvalue weighted by Crippen LogP contribution is 2.38. The van der Waals surface area contributed by atoms with Crippen LogP contribution in [0.4, 0.5) is 0 Å². The second-order valence-corrected chi connectivity index (χ2v) is 20.2. The molecule has 1 unspecified atom stereocenters. The van der Waals surface area contributed by atoms with E-state index in [0.29, 0.717) is 5.75 Å². The van der Waals surface area contributed by atoms with Crippen LogP contribution in [-0.2, 0) is 71.1 Å². The Hall–Kier alpha value is -0.970. The summed E-state index contributed by atoms with van der Waals surface area (Å²) in [6.45, 7) is -5.13. The van der Waals surface area contributed by atoms with Gasteiger partial charge in [0.15, 0.2) is 50.3 Å². The zero-order valence-corrected chi connectivity index (χ0v) is 41.1. The fourth-order valence-corrected chi connectivity index (χ4v) is 10.5. The summed E-state index contributed by atoms with van der Waals surface area (Å²) < 4.78 is 85.5. The van der Waals surface area contributed by atoms with Gasteiger partial charge in [-0.3, -0.25) is 0 Å². The smallest absolute Gasteiger partial charge is 0.187 e. The first-order valence-electron chi connectivity index (χ1n) is 24.4. The van der Waals surface area contributed by atoms with Crippen molar-refractivity contribution >= 4 is 11.8 Å². The van der Waals surface area contributed by atoms with Gasteiger partial charge in [0.25, 0.3) is 0 Å². The molecule has 8 rings (SSSR count). The van der Waals surface area contributed by atoms with E-state index in [1.54, 1.807) is 6.26 Å². The first kappa shape index (κ1) is 61.1. The molecule has 8 saturated heterocycles. The summed E-state index contributed by atoms with van der Waals surface area (Å²) in [7, 11) is 0. The lowest BCUT2D eigenvalue weighted by Crippen LogP contribution is -2.61. The van der Waals surface area contributed by atoms with Gasteiger partial charge in [-0.2, -0.15) is 11.8 Å². The van der Waals surface area contributed by atoms with Gasteiger partial charge in [-0.1, -0.05) is 0 Å². The Morgan fingerprint density at radius 2 is 0.632 bits per heavy atom. The van der Waals surface area contributed by atoms with Crippen LogP contribution in [0.2, 0.25) is 0 Å². The van der Waals surface area contributed by atoms with Gasteiger partial charge in [0.1, 0.15) is 146 Å². The van der Waals surface area contributed by atoms with Crippen molar-refractivity contribution in [2.75, 3.05) is 58.3 Å². The number of thioether (sulfide) groups is 1. The molecular weight excluding hydrogens is 1060 g/mol. The van der Waals surface area contributed by atoms with E-state index in [-0.39, 0.29) is 0 Å². The van der Waals surface area contributed by atoms with E-state index in [9.17, 15) is 91.9 Å². The maximum absolute atomic E-state index is 11.6. The summed E-state index contributed by atoms with van der Waals surface area (Å²) in [5.74, 6) is 0.292. The summed E-state index contributed by atoms with van der Waals surface area (Å²) in [5, 5.41) is 190. The third kappa shape index (κ3) is 12.7. The highest BCUT2D eigenvalue weighted by molar-refractivity contribution is 7.98. The zero-order valence-electron chi connectivity index (χ0n) is 40.3. The van der Waals surface area contributed by atoms with E-state index in [1.165, 1.54) is 11.8 Å². The van der Waals surface area contributed by atoms with Gasteiger partial charge in [-0.25, -0.2) is 0 Å². The Balaban J connectivity index is 0.912. The van der Waals surface area contributed by atoms with Crippen molar-refractivity contribution in [1.82, 2.24) is 0 Å². The molecule has 8 aliphatic rings. The van der Waals surface area contributed by atoms with Gasteiger partial charge in [0.2, 0.25) is 0 Å². The van der Waals surface area contributed by atoms with Crippen LogP contribution < -0.4 is 0 Å². The average molecular weight is 1140 g/mol. The Morgan fingerprint density at radius 3 is 1.16 bits per heavy atom. The third-order valence-corrected chi connectivity index (χ3v) is 15.0. The Kier molecular flexibility index (Phi) is 21.3. The van der Waals surface area contributed by atoms with Crippen LogP contribution in [0, 0.1) is 0 Å². The summed E-state index contributed by atoms with van der Waals surface area (Å²) in [6.07, 6.45) is -51.2. The minimum atomic E-state index is -1.89. The predicted molar refractivity (Wildman–Crippen MR) is 234 cm³/mol. The molecule has 76 heavy (non-hydrogen) atoms. The molecule has 0 aromatic carbocycles. The summed E-state index contributed by atoms with van der Waals surface area (Å²) in [5.41, 5.74) is 0. The summed E-state index contributed by atoms with van der Waals surface area (Å²) in [4.78, 5) is 0. The number of aliphatic hydroxyl groups is 18. The van der Waals surface area contributed by atoms with Crippen LogP contribution in [0.25, 0.3) is 0 Å². The lowest BCUT2D eigenvalue weighted by Gasteiger charge is -2.42. The van der Waals surface area contributed by atoms with E-state index in [0.717, 1.165) is 0 Å². The predicted octanol–water partition coefficient (Wildman–Crippen LogP) is -12.6. The standard InChI is InChI=1S/C42H70O33S/c1-76-9-17-21(50)28(57)40(71-17)72-31-13(5-46)68-36(29(58)24(31)53)61-7-15-20(49)27(56)39(69-15)74-33-22(51)11(3-44)66-41(33)63-8-16-32(30(59)37(70-16)62-6-14-19(48)25(54)35(60)64-14)73-42-34(23(52)12(4-45)67-42)75-38-26(55)18(47)10(2-43)65-38/h10-60H,2-9H2,1H3/t10-,11-,12-,13-,14-,15-,16-,17-,18-,19-,20-,21+,22-,23-,24-,25+,26+,27+,28-,29+,30+,31-,32-,33+,34+,35?,36+,37+,38+,39+,40-,41+,42-/m1/s1. The number of hydrogen-bond donors (Lipinski definition) is 18. The molecule has 8 heterocycles. The first-order chi connectivity index (χ1) is 36.2. The van der Waals surface area contributed by atoms with Gasteiger partial charge in [0.05, 0.1) is 52.4 Å². The Morgan fingerprint density at radius 1 is 0.289 bits per heavy atom. The van der Waals surface area contributed by atoms with Crippen LogP contribution in [0.15, 0.2) is 0 Å². The molecule has 34 heteroatoms. The zero-order chi connectivity index (χ0) is 55.0. The van der Waals surface area contributed by atoms with Gasteiger partial charge in [-0.05, 0) is 6.26 Å². The minimum absolute atomic E-state index is 0.292. The molecule has 0 aromatic rings. The maximum atomic E-state index is 11.6. The molecule has 0 saturated carbocycles. The SMILES string of the molecule is CSC[C@H]1O[C@H](O[C@H]2[C@H](O)[C@H](O)[C@@H](OC[C@H]3O[C@@H](O[C@@H]4[C@@H](OC[C@H]5O[C@H](OC[C@H]6OC(O)[C@@H](O)[C@@H]6O)[C@@H](O)[C@@H]5O[C@H]5O[C@H](CO)[C@@H](O)[C@@H]5O[C@@H]5O[C@H](CO)[C@@H](O)[C@@H]5O)O[C@H](CO)[C@H]4O)[C@@H](O)[C@@H]3O)O[C@@H]2CO)[C@H](O)[C@H]1O. The van der Waals surface area contributed by atoms with Crippen LogP contribution >= 0.6 is 11.8 Å². The van der Waals surface area contributed by atoms with Crippen LogP contribution in [0.5, 0.6) is 0 Å². The molecule has 0 aromatic heterocycles. The van der Waals surface area contributed by atoms with E-state index >= 15 is 0 Å². The molecule has 8 aliphatic heterocycles. The Labute approximate surface area is 435 Å². The van der Waals surface area contributed by atoms with Crippen LogP contribution in [0.3, 0.4) is 0 Å². The Bertz CT molecular complexity index is 1790. The summed E-state index contributed by atoms with van der Waals surface area (Å²) >= 11 is 1.33. The van der Waals surface area contributed by atoms with Crippen molar-refractivity contribution in [2.45, 2.75) is 203 Å². The highest BCUT2D eigenvalue weighted by atomic mass is 32.2. The fourth-order valence-electron chi connectivity index (χ4n) is 9.87. The van der Waals surface area contributed by atoms with E-state index in [2.05, 4.69) is 0 Å². The molecule has 0 spiro atoms. The monoisotopic (exact) mass is 1130 g/mol. The van der Waals surface area contributed by atoms with Crippen LogP contribution in [-0.4, -0.2) is 353 Å². The third-order valence-electron chi connectivity index (χ3n) is 14.3. The average Bonchev–Trinajstić information content (AvgIpc) is 4.25. The topological polar surface area (TPSA) is 503 Å². The largest absolute Gasteiger partial charge is 0.394 e. The number of rotatable bonds is 23. The van der Waals surface area contributed by atoms with Gasteiger partial charge < -0.3 is 163 Å². The van der Waals surface area contributed by atoms with Gasteiger partial charge >= 0.3 is 0 Å². The first-order valence-corrected chi connectivity index (χ1v) is 25.8. The molecule has 442 valence electrons. The van der Waals surface area contributed by atoms with E-state index < -0.39 is 249 Å². The van der Waals surface area contributed by atoms with Crippen molar-refractivity contribution < 1.29 is 163 Å². The van der Waals surface area contributed by atoms with E-state index in [1.807, 2.05) is 0 Å². The van der Waals surface area contributed by atoms with Gasteiger partial charge in [-0.15, -0.1) is 0 Å². The molecule has 18 N–H and O–H groups in total. The molecule has 8 fully saturated rings. The van der Waals surface area contributed by atoms with Crippen molar-refractivity contribution in [1.29, 1.82) is 0 Å². The highest BCUT2D eigenvalue weighted by Gasteiger charge is 2.58. The number of hydrogen-bond acceptors (Lipinski definition) is 34. The molecule has 0 amide bonds. The van der Waals surface area contributed by atoms with Crippen molar-refractivity contribution in [3.8, 4) is 0 Å². The van der Waals surface area contributed by atoms with Gasteiger partial charge in [0, 0.05) is 5.75 Å². The molecular formula is C42H70O33S. The molecule has 0 bridgehead atoms. The normalized spacial score (nSPS) is 52.7. The van der Waals surface area contributed by atoms with Crippen LogP contribution in [0.1, 0.15) is 0 Å².